The second kappa shape index (κ2) is 6.25. The van der Waals surface area contributed by atoms with Gasteiger partial charge in [-0.3, -0.25) is 15.5 Å². The first-order valence-corrected chi connectivity index (χ1v) is 6.07. The van der Waals surface area contributed by atoms with Crippen molar-refractivity contribution in [1.29, 1.82) is 0 Å². The number of halogens is 3. The van der Waals surface area contributed by atoms with Crippen molar-refractivity contribution in [2.24, 2.45) is 5.10 Å². The van der Waals surface area contributed by atoms with Crippen LogP contribution >= 0.6 is 0 Å². The van der Waals surface area contributed by atoms with Gasteiger partial charge in [-0.05, 0) is 23.8 Å². The zero-order valence-electron chi connectivity index (χ0n) is 11.0. The molecule has 114 valence electrons. The van der Waals surface area contributed by atoms with E-state index < -0.39 is 16.7 Å². The molecule has 22 heavy (non-hydrogen) atoms. The average Bonchev–Trinajstić information content (AvgIpc) is 2.47. The van der Waals surface area contributed by atoms with E-state index in [1.165, 1.54) is 36.5 Å². The number of hydrazone groups is 1. The number of nitro groups is 1. The molecule has 2 aromatic rings. The van der Waals surface area contributed by atoms with E-state index in [9.17, 15) is 23.3 Å². The number of anilines is 1. The molecule has 0 aliphatic rings. The standard InChI is InChI=1S/C14H10F3N3O2/c15-14(16,17)11-7-5-10(6-8-11)9-18-19-12-3-1-2-4-13(12)20(21)22/h1-9,19H/b18-9+. The number of nitro benzene ring substituents is 1. The minimum Gasteiger partial charge on any atom is -0.272 e. The summed E-state index contributed by atoms with van der Waals surface area (Å²) in [5.41, 5.74) is 2.21. The average molecular weight is 309 g/mol. The lowest BCUT2D eigenvalue weighted by molar-refractivity contribution is -0.384. The van der Waals surface area contributed by atoms with Gasteiger partial charge in [-0.15, -0.1) is 0 Å². The van der Waals surface area contributed by atoms with Gasteiger partial charge >= 0.3 is 6.18 Å². The summed E-state index contributed by atoms with van der Waals surface area (Å²) in [6.07, 6.45) is -3.12. The molecule has 8 heteroatoms. The Hall–Kier alpha value is -2.90. The van der Waals surface area contributed by atoms with Crippen LogP contribution in [-0.2, 0) is 6.18 Å². The van der Waals surface area contributed by atoms with Crippen LogP contribution in [0.3, 0.4) is 0 Å². The Morgan fingerprint density at radius 2 is 1.73 bits per heavy atom. The number of hydrogen-bond acceptors (Lipinski definition) is 4. The Kier molecular flexibility index (Phi) is 4.40. The largest absolute Gasteiger partial charge is 0.416 e. The quantitative estimate of drug-likeness (QED) is 0.526. The number of rotatable bonds is 4. The lowest BCUT2D eigenvalue weighted by Crippen LogP contribution is -2.04. The third kappa shape index (κ3) is 3.81. The van der Waals surface area contributed by atoms with Gasteiger partial charge in [0.2, 0.25) is 0 Å². The monoisotopic (exact) mass is 309 g/mol. The van der Waals surface area contributed by atoms with Gasteiger partial charge in [-0.1, -0.05) is 24.3 Å². The second-order valence-corrected chi connectivity index (χ2v) is 4.26. The van der Waals surface area contributed by atoms with E-state index in [0.29, 0.717) is 5.56 Å². The van der Waals surface area contributed by atoms with Crippen molar-refractivity contribution in [3.63, 3.8) is 0 Å². The Bertz CT molecular complexity index is 697. The van der Waals surface area contributed by atoms with Crippen LogP contribution in [0.25, 0.3) is 0 Å². The van der Waals surface area contributed by atoms with Gasteiger partial charge < -0.3 is 0 Å². The highest BCUT2D eigenvalue weighted by Gasteiger charge is 2.29. The van der Waals surface area contributed by atoms with Crippen molar-refractivity contribution in [2.75, 3.05) is 5.43 Å². The number of alkyl halides is 3. The Labute approximate surface area is 123 Å². The first-order valence-electron chi connectivity index (χ1n) is 6.07. The van der Waals surface area contributed by atoms with Gasteiger partial charge in [0, 0.05) is 6.07 Å². The molecule has 0 aromatic heterocycles. The molecule has 2 rings (SSSR count). The summed E-state index contributed by atoms with van der Waals surface area (Å²) in [5.74, 6) is 0. The Balaban J connectivity index is 2.09. The van der Waals surface area contributed by atoms with E-state index in [-0.39, 0.29) is 11.4 Å². The maximum atomic E-state index is 12.4. The molecule has 0 fully saturated rings. The van der Waals surface area contributed by atoms with Crippen molar-refractivity contribution < 1.29 is 18.1 Å². The molecule has 0 heterocycles. The van der Waals surface area contributed by atoms with Crippen LogP contribution in [0.4, 0.5) is 24.5 Å². The predicted molar refractivity (Wildman–Crippen MR) is 75.8 cm³/mol. The summed E-state index contributed by atoms with van der Waals surface area (Å²) in [5, 5.41) is 14.6. The zero-order chi connectivity index (χ0) is 16.2. The van der Waals surface area contributed by atoms with Crippen molar-refractivity contribution in [2.45, 2.75) is 6.18 Å². The van der Waals surface area contributed by atoms with Crippen molar-refractivity contribution >= 4 is 17.6 Å². The fourth-order valence-corrected chi connectivity index (χ4v) is 1.66. The minimum absolute atomic E-state index is 0.146. The molecule has 0 aliphatic heterocycles. The molecular weight excluding hydrogens is 299 g/mol. The van der Waals surface area contributed by atoms with E-state index in [4.69, 9.17) is 0 Å². The van der Waals surface area contributed by atoms with Gasteiger partial charge in [-0.25, -0.2) is 0 Å². The van der Waals surface area contributed by atoms with E-state index in [1.54, 1.807) is 6.07 Å². The molecule has 1 N–H and O–H groups in total. The fourth-order valence-electron chi connectivity index (χ4n) is 1.66. The molecule has 0 saturated carbocycles. The van der Waals surface area contributed by atoms with Crippen molar-refractivity contribution in [3.8, 4) is 0 Å². The summed E-state index contributed by atoms with van der Waals surface area (Å²) >= 11 is 0. The van der Waals surface area contributed by atoms with Gasteiger partial charge in [0.25, 0.3) is 5.69 Å². The third-order valence-electron chi connectivity index (χ3n) is 2.74. The molecule has 0 unspecified atom stereocenters. The molecule has 0 aliphatic carbocycles. The van der Waals surface area contributed by atoms with Gasteiger partial charge in [0.15, 0.2) is 0 Å². The molecule has 5 nitrogen and oxygen atoms in total. The summed E-state index contributed by atoms with van der Waals surface area (Å²) in [6.45, 7) is 0. The van der Waals surface area contributed by atoms with Crippen LogP contribution in [0, 0.1) is 10.1 Å². The van der Waals surface area contributed by atoms with Crippen molar-refractivity contribution in [3.05, 3.63) is 69.8 Å². The van der Waals surface area contributed by atoms with Gasteiger partial charge in [0.1, 0.15) is 5.69 Å². The number of benzene rings is 2. The molecule has 0 bridgehead atoms. The maximum Gasteiger partial charge on any atom is 0.416 e. The number of hydrogen-bond donors (Lipinski definition) is 1. The van der Waals surface area contributed by atoms with Gasteiger partial charge in [-0.2, -0.15) is 18.3 Å². The van der Waals surface area contributed by atoms with E-state index in [2.05, 4.69) is 10.5 Å². The molecule has 2 aromatic carbocycles. The normalized spacial score (nSPS) is 11.6. The van der Waals surface area contributed by atoms with Gasteiger partial charge in [0.05, 0.1) is 16.7 Å². The van der Waals surface area contributed by atoms with Crippen LogP contribution in [0.15, 0.2) is 53.6 Å². The predicted octanol–water partition coefficient (Wildman–Crippen LogP) is 4.06. The first kappa shape index (κ1) is 15.5. The summed E-state index contributed by atoms with van der Waals surface area (Å²) in [7, 11) is 0. The molecule has 0 spiro atoms. The highest BCUT2D eigenvalue weighted by atomic mass is 19.4. The SMILES string of the molecule is O=[N+]([O-])c1ccccc1N/N=C/c1ccc(C(F)(F)F)cc1. The summed E-state index contributed by atoms with van der Waals surface area (Å²) in [4.78, 5) is 10.2. The Morgan fingerprint density at radius 1 is 1.09 bits per heavy atom. The third-order valence-corrected chi connectivity index (χ3v) is 2.74. The highest BCUT2D eigenvalue weighted by Crippen LogP contribution is 2.29. The molecule has 0 radical (unpaired) electrons. The van der Waals surface area contributed by atoms with E-state index in [0.717, 1.165) is 12.1 Å². The topological polar surface area (TPSA) is 67.5 Å². The lowest BCUT2D eigenvalue weighted by Gasteiger charge is -2.05. The summed E-state index contributed by atoms with van der Waals surface area (Å²) in [6, 6.07) is 10.3. The van der Waals surface area contributed by atoms with Crippen LogP contribution in [0.2, 0.25) is 0 Å². The highest BCUT2D eigenvalue weighted by molar-refractivity contribution is 5.80. The number of nitrogens with zero attached hydrogens (tertiary/aromatic N) is 2. The van der Waals surface area contributed by atoms with Crippen LogP contribution < -0.4 is 5.43 Å². The lowest BCUT2D eigenvalue weighted by atomic mass is 10.1. The fraction of sp³-hybridized carbons (Fsp3) is 0.0714. The van der Waals surface area contributed by atoms with E-state index >= 15 is 0 Å². The smallest absolute Gasteiger partial charge is 0.272 e. The van der Waals surface area contributed by atoms with Crippen molar-refractivity contribution in [1.82, 2.24) is 0 Å². The van der Waals surface area contributed by atoms with Crippen LogP contribution in [-0.4, -0.2) is 11.1 Å². The van der Waals surface area contributed by atoms with Crippen LogP contribution in [0.1, 0.15) is 11.1 Å². The minimum atomic E-state index is -4.39. The number of para-hydroxylation sites is 2. The van der Waals surface area contributed by atoms with Crippen LogP contribution in [0.5, 0.6) is 0 Å². The zero-order valence-corrected chi connectivity index (χ0v) is 11.0. The van der Waals surface area contributed by atoms with E-state index in [1.807, 2.05) is 0 Å². The Morgan fingerprint density at radius 3 is 2.32 bits per heavy atom. The molecule has 0 saturated heterocycles. The number of nitrogens with one attached hydrogen (secondary N) is 1. The molecular formula is C14H10F3N3O2. The maximum absolute atomic E-state index is 12.4. The molecule has 0 amide bonds. The first-order chi connectivity index (χ1) is 10.4. The molecule has 0 atom stereocenters. The second-order valence-electron chi connectivity index (χ2n) is 4.26. The summed E-state index contributed by atoms with van der Waals surface area (Å²) < 4.78 is 37.2.